The maximum atomic E-state index is 12.4. The van der Waals surface area contributed by atoms with E-state index in [4.69, 9.17) is 4.74 Å². The zero-order valence-corrected chi connectivity index (χ0v) is 16.8. The number of benzene rings is 1. The minimum atomic E-state index is -0.627. The third kappa shape index (κ3) is 4.98. The number of carbonyl (C=O) groups excluding carboxylic acids is 1. The number of β-amino-alcohol motifs (C(OH)–C–C–N with tert-alkyl or cyclic N) is 1. The van der Waals surface area contributed by atoms with E-state index >= 15 is 0 Å². The largest absolute Gasteiger partial charge is 0.390 e. The molecule has 7 nitrogen and oxygen atoms in total. The fourth-order valence-electron chi connectivity index (χ4n) is 3.96. The van der Waals surface area contributed by atoms with Crippen molar-refractivity contribution in [2.24, 2.45) is 5.92 Å². The smallest absolute Gasteiger partial charge is 0.270 e. The Kier molecular flexibility index (Phi) is 6.18. The second kappa shape index (κ2) is 8.98. The molecule has 1 aromatic heterocycles. The second-order valence-electron chi connectivity index (χ2n) is 8.06. The number of fused-ring (bicyclic) bond motifs is 1. The van der Waals surface area contributed by atoms with E-state index < -0.39 is 6.10 Å². The Morgan fingerprint density at radius 2 is 2.24 bits per heavy atom. The molecule has 2 aliphatic heterocycles. The number of aryl methyl sites for hydroxylation is 1. The van der Waals surface area contributed by atoms with Crippen molar-refractivity contribution in [1.29, 1.82) is 0 Å². The molecule has 0 bridgehead atoms. The fourth-order valence-corrected chi connectivity index (χ4v) is 3.96. The van der Waals surface area contributed by atoms with Crippen LogP contribution in [0.3, 0.4) is 0 Å². The fraction of sp³-hybridized carbons (Fsp3) is 0.500. The van der Waals surface area contributed by atoms with Gasteiger partial charge in [0.15, 0.2) is 0 Å². The second-order valence-corrected chi connectivity index (χ2v) is 8.06. The van der Waals surface area contributed by atoms with Crippen LogP contribution in [0.5, 0.6) is 0 Å². The molecule has 0 spiro atoms. The van der Waals surface area contributed by atoms with Crippen molar-refractivity contribution in [2.75, 3.05) is 32.8 Å². The Morgan fingerprint density at radius 1 is 1.38 bits per heavy atom. The Labute approximate surface area is 171 Å². The van der Waals surface area contributed by atoms with Gasteiger partial charge in [0.05, 0.1) is 19.3 Å². The molecule has 0 radical (unpaired) electrons. The van der Waals surface area contributed by atoms with Gasteiger partial charge in [-0.05, 0) is 42.5 Å². The molecule has 4 rings (SSSR count). The van der Waals surface area contributed by atoms with E-state index in [0.717, 1.165) is 44.8 Å². The molecule has 7 heteroatoms. The first kappa shape index (κ1) is 19.9. The van der Waals surface area contributed by atoms with Gasteiger partial charge in [-0.15, -0.1) is 0 Å². The highest BCUT2D eigenvalue weighted by Gasteiger charge is 2.22. The molecule has 1 atom stereocenters. The molecule has 2 aliphatic rings. The molecule has 1 amide bonds. The number of hydrogen-bond donors (Lipinski definition) is 2. The van der Waals surface area contributed by atoms with Crippen molar-refractivity contribution in [2.45, 2.75) is 32.4 Å². The summed E-state index contributed by atoms with van der Waals surface area (Å²) in [5.74, 6) is 0.193. The minimum absolute atomic E-state index is 0.200. The van der Waals surface area contributed by atoms with E-state index in [1.54, 1.807) is 6.07 Å². The molecule has 2 N–H and O–H groups in total. The van der Waals surface area contributed by atoms with Crippen LogP contribution in [0.2, 0.25) is 0 Å². The van der Waals surface area contributed by atoms with Crippen molar-refractivity contribution in [3.8, 4) is 0 Å². The first-order valence-corrected chi connectivity index (χ1v) is 10.2. The molecular weight excluding hydrogens is 368 g/mol. The SMILES string of the molecule is Cc1cccc2c1CN(C[C@@H](O)CNC(=O)c1cc(CC3COC3)ncn1)CC2. The van der Waals surface area contributed by atoms with Gasteiger partial charge >= 0.3 is 0 Å². The lowest BCUT2D eigenvalue weighted by Gasteiger charge is -2.31. The normalized spacial score (nSPS) is 18.0. The van der Waals surface area contributed by atoms with Gasteiger partial charge in [-0.3, -0.25) is 9.69 Å². The van der Waals surface area contributed by atoms with Gasteiger partial charge in [0.25, 0.3) is 5.91 Å². The van der Waals surface area contributed by atoms with E-state index in [1.165, 1.54) is 23.0 Å². The lowest BCUT2D eigenvalue weighted by atomic mass is 9.95. The van der Waals surface area contributed by atoms with Crippen LogP contribution in [0.4, 0.5) is 0 Å². The summed E-state index contributed by atoms with van der Waals surface area (Å²) in [6.07, 6.45) is 2.58. The Morgan fingerprint density at radius 3 is 3.03 bits per heavy atom. The predicted molar refractivity (Wildman–Crippen MR) is 109 cm³/mol. The van der Waals surface area contributed by atoms with Crippen LogP contribution in [0.1, 0.15) is 32.9 Å². The standard InChI is InChI=1S/C22H28N4O3/c1-15-3-2-4-17-5-6-26(11-20(15)17)10-19(27)9-23-22(28)21-8-18(24-14-25-21)7-16-12-29-13-16/h2-4,8,14,16,19,27H,5-7,9-13H2,1H3,(H,23,28)/t19-/m0/s1. The molecule has 2 aromatic rings. The molecule has 1 saturated heterocycles. The van der Waals surface area contributed by atoms with E-state index in [1.807, 2.05) is 0 Å². The summed E-state index contributed by atoms with van der Waals surface area (Å²) in [5, 5.41) is 13.2. The van der Waals surface area contributed by atoms with Gasteiger partial charge in [0, 0.05) is 37.8 Å². The average Bonchev–Trinajstić information content (AvgIpc) is 2.70. The molecular formula is C22H28N4O3. The third-order valence-corrected chi connectivity index (χ3v) is 5.71. The number of nitrogens with one attached hydrogen (secondary N) is 1. The van der Waals surface area contributed by atoms with Crippen molar-refractivity contribution in [3.63, 3.8) is 0 Å². The number of ether oxygens (including phenoxy) is 1. The number of amides is 1. The van der Waals surface area contributed by atoms with E-state index in [-0.39, 0.29) is 12.5 Å². The van der Waals surface area contributed by atoms with Crippen molar-refractivity contribution in [3.05, 3.63) is 58.7 Å². The van der Waals surface area contributed by atoms with Gasteiger partial charge in [-0.2, -0.15) is 0 Å². The number of aliphatic hydroxyl groups is 1. The summed E-state index contributed by atoms with van der Waals surface area (Å²) >= 11 is 0. The van der Waals surface area contributed by atoms with Crippen LogP contribution in [-0.4, -0.2) is 64.8 Å². The van der Waals surface area contributed by atoms with Crippen LogP contribution >= 0.6 is 0 Å². The lowest BCUT2D eigenvalue weighted by molar-refractivity contribution is -0.0316. The topological polar surface area (TPSA) is 87.6 Å². The van der Waals surface area contributed by atoms with Crippen LogP contribution in [-0.2, 0) is 24.1 Å². The van der Waals surface area contributed by atoms with Gasteiger partial charge in [-0.1, -0.05) is 18.2 Å². The molecule has 3 heterocycles. The molecule has 29 heavy (non-hydrogen) atoms. The molecule has 0 saturated carbocycles. The van der Waals surface area contributed by atoms with Crippen molar-refractivity contribution < 1.29 is 14.6 Å². The summed E-state index contributed by atoms with van der Waals surface area (Å²) < 4.78 is 5.18. The number of hydrogen-bond acceptors (Lipinski definition) is 6. The van der Waals surface area contributed by atoms with Gasteiger partial charge in [0.1, 0.15) is 12.0 Å². The maximum Gasteiger partial charge on any atom is 0.270 e. The van der Waals surface area contributed by atoms with Gasteiger partial charge in [0.2, 0.25) is 0 Å². The highest BCUT2D eigenvalue weighted by atomic mass is 16.5. The number of aromatic nitrogens is 2. The molecule has 1 fully saturated rings. The summed E-state index contributed by atoms with van der Waals surface area (Å²) in [7, 11) is 0. The maximum absolute atomic E-state index is 12.4. The number of nitrogens with zero attached hydrogens (tertiary/aromatic N) is 3. The van der Waals surface area contributed by atoms with Crippen molar-refractivity contribution >= 4 is 5.91 Å². The predicted octanol–water partition coefficient (Wildman–Crippen LogP) is 1.12. The van der Waals surface area contributed by atoms with E-state index in [2.05, 4.69) is 45.3 Å². The Bertz CT molecular complexity index is 869. The monoisotopic (exact) mass is 396 g/mol. The number of aliphatic hydroxyl groups excluding tert-OH is 1. The Hall–Kier alpha value is -2.35. The molecule has 0 unspecified atom stereocenters. The summed E-state index contributed by atoms with van der Waals surface area (Å²) in [4.78, 5) is 23.0. The van der Waals surface area contributed by atoms with Gasteiger partial charge < -0.3 is 15.2 Å². The zero-order valence-electron chi connectivity index (χ0n) is 16.8. The van der Waals surface area contributed by atoms with Crippen LogP contribution < -0.4 is 5.32 Å². The van der Waals surface area contributed by atoms with Crippen LogP contribution in [0.15, 0.2) is 30.6 Å². The van der Waals surface area contributed by atoms with Crippen molar-refractivity contribution in [1.82, 2.24) is 20.2 Å². The first-order chi connectivity index (χ1) is 14.1. The highest BCUT2D eigenvalue weighted by molar-refractivity contribution is 5.92. The molecule has 1 aromatic carbocycles. The zero-order chi connectivity index (χ0) is 20.2. The van der Waals surface area contributed by atoms with E-state index in [0.29, 0.717) is 18.2 Å². The van der Waals surface area contributed by atoms with Gasteiger partial charge in [-0.25, -0.2) is 9.97 Å². The first-order valence-electron chi connectivity index (χ1n) is 10.2. The lowest BCUT2D eigenvalue weighted by Crippen LogP contribution is -2.42. The Balaban J connectivity index is 1.26. The summed E-state index contributed by atoms with van der Waals surface area (Å²) in [6, 6.07) is 8.15. The molecule has 154 valence electrons. The third-order valence-electron chi connectivity index (χ3n) is 5.71. The minimum Gasteiger partial charge on any atom is -0.390 e. The quantitative estimate of drug-likeness (QED) is 0.729. The average molecular weight is 396 g/mol. The molecule has 0 aliphatic carbocycles. The van der Waals surface area contributed by atoms with Crippen LogP contribution in [0, 0.1) is 12.8 Å². The summed E-state index contributed by atoms with van der Waals surface area (Å²) in [5.41, 5.74) is 5.24. The number of rotatable bonds is 7. The van der Waals surface area contributed by atoms with Crippen LogP contribution in [0.25, 0.3) is 0 Å². The number of carbonyl (C=O) groups is 1. The highest BCUT2D eigenvalue weighted by Crippen LogP contribution is 2.22. The summed E-state index contributed by atoms with van der Waals surface area (Å²) in [6.45, 7) is 6.12. The van der Waals surface area contributed by atoms with E-state index in [9.17, 15) is 9.90 Å².